The normalized spacial score (nSPS) is 13.6. The van der Waals surface area contributed by atoms with E-state index in [9.17, 15) is 9.59 Å². The van der Waals surface area contributed by atoms with E-state index in [4.69, 9.17) is 11.6 Å². The SMILES string of the molecule is C[C@@H](CCc1ccccc1)NC(=O)Cn1c2c(c(-c3ccccc3Cl)cc1=O)CCC2. The van der Waals surface area contributed by atoms with Gasteiger partial charge in [-0.25, -0.2) is 0 Å². The molecule has 4 nitrogen and oxygen atoms in total. The minimum absolute atomic E-state index is 0.0406. The van der Waals surface area contributed by atoms with Crippen molar-refractivity contribution in [2.75, 3.05) is 0 Å². The number of hydrogen-bond donors (Lipinski definition) is 1. The second-order valence-electron chi connectivity index (χ2n) is 8.23. The number of aryl methyl sites for hydroxylation is 1. The number of pyridine rings is 1. The molecule has 0 radical (unpaired) electrons. The number of carbonyl (C=O) groups excluding carboxylic acids is 1. The summed E-state index contributed by atoms with van der Waals surface area (Å²) in [6.07, 6.45) is 4.44. The molecule has 4 rings (SSSR count). The van der Waals surface area contributed by atoms with E-state index in [0.29, 0.717) is 5.02 Å². The third-order valence-electron chi connectivity index (χ3n) is 5.96. The maximum absolute atomic E-state index is 13.0. The van der Waals surface area contributed by atoms with Crippen LogP contribution in [0.3, 0.4) is 0 Å². The minimum Gasteiger partial charge on any atom is -0.352 e. The molecule has 3 aromatic rings. The van der Waals surface area contributed by atoms with E-state index in [0.717, 1.165) is 54.5 Å². The van der Waals surface area contributed by atoms with Crippen LogP contribution in [0.1, 0.15) is 36.6 Å². The van der Waals surface area contributed by atoms with Crippen molar-refractivity contribution in [1.29, 1.82) is 0 Å². The lowest BCUT2D eigenvalue weighted by Gasteiger charge is -2.18. The first-order valence-electron chi connectivity index (χ1n) is 10.9. The van der Waals surface area contributed by atoms with E-state index in [1.165, 1.54) is 5.56 Å². The Hall–Kier alpha value is -2.85. The molecule has 1 aromatic heterocycles. The quantitative estimate of drug-likeness (QED) is 0.581. The van der Waals surface area contributed by atoms with Crippen LogP contribution in [0, 0.1) is 0 Å². The largest absolute Gasteiger partial charge is 0.352 e. The number of hydrogen-bond acceptors (Lipinski definition) is 2. The Balaban J connectivity index is 1.49. The van der Waals surface area contributed by atoms with Crippen LogP contribution in [-0.4, -0.2) is 16.5 Å². The summed E-state index contributed by atoms with van der Waals surface area (Å²) in [5.41, 5.74) is 4.99. The predicted octanol–water partition coefficient (Wildman–Crippen LogP) is 4.79. The van der Waals surface area contributed by atoms with E-state index in [1.54, 1.807) is 10.6 Å². The van der Waals surface area contributed by atoms with E-state index in [2.05, 4.69) is 17.4 Å². The number of nitrogens with zero attached hydrogens (tertiary/aromatic N) is 1. The van der Waals surface area contributed by atoms with Crippen molar-refractivity contribution >= 4 is 17.5 Å². The Morgan fingerprint density at radius 2 is 1.81 bits per heavy atom. The molecule has 160 valence electrons. The Bertz CT molecular complexity index is 1140. The van der Waals surface area contributed by atoms with E-state index < -0.39 is 0 Å². The molecule has 1 aliphatic carbocycles. The van der Waals surface area contributed by atoms with Gasteiger partial charge in [0.25, 0.3) is 5.56 Å². The lowest BCUT2D eigenvalue weighted by Crippen LogP contribution is -2.38. The van der Waals surface area contributed by atoms with Gasteiger partial charge in [0.15, 0.2) is 0 Å². The van der Waals surface area contributed by atoms with E-state index in [1.807, 2.05) is 49.4 Å². The zero-order chi connectivity index (χ0) is 21.8. The van der Waals surface area contributed by atoms with Gasteiger partial charge in [0.2, 0.25) is 5.91 Å². The van der Waals surface area contributed by atoms with Crippen molar-refractivity contribution in [2.45, 2.75) is 51.6 Å². The number of rotatable bonds is 7. The molecule has 0 aliphatic heterocycles. The molecule has 0 spiro atoms. The minimum atomic E-state index is -0.150. The highest BCUT2D eigenvalue weighted by atomic mass is 35.5. The molecule has 0 fully saturated rings. The Morgan fingerprint density at radius 1 is 1.06 bits per heavy atom. The average Bonchev–Trinajstić information content (AvgIpc) is 3.25. The van der Waals surface area contributed by atoms with Crippen LogP contribution in [0.15, 0.2) is 65.5 Å². The van der Waals surface area contributed by atoms with Gasteiger partial charge in [0, 0.05) is 28.4 Å². The zero-order valence-electron chi connectivity index (χ0n) is 17.7. The lowest BCUT2D eigenvalue weighted by molar-refractivity contribution is -0.122. The summed E-state index contributed by atoms with van der Waals surface area (Å²) in [4.78, 5) is 25.7. The molecular weight excluding hydrogens is 408 g/mol. The van der Waals surface area contributed by atoms with Gasteiger partial charge in [-0.05, 0) is 61.8 Å². The molecule has 0 saturated heterocycles. The van der Waals surface area contributed by atoms with Gasteiger partial charge in [0.05, 0.1) is 0 Å². The standard InChI is InChI=1S/C26H27ClN2O2/c1-18(14-15-19-8-3-2-4-9-19)28-25(30)17-29-24-13-7-11-21(24)22(16-26(29)31)20-10-5-6-12-23(20)27/h2-6,8-10,12,16,18H,7,11,13-15,17H2,1H3,(H,28,30)/t18-/m0/s1. The second-order valence-corrected chi connectivity index (χ2v) is 8.64. The second kappa shape index (κ2) is 9.52. The van der Waals surface area contributed by atoms with Crippen LogP contribution in [0.5, 0.6) is 0 Å². The molecule has 1 amide bonds. The van der Waals surface area contributed by atoms with Gasteiger partial charge < -0.3 is 9.88 Å². The maximum Gasteiger partial charge on any atom is 0.251 e. The van der Waals surface area contributed by atoms with Crippen molar-refractivity contribution in [3.63, 3.8) is 0 Å². The lowest BCUT2D eigenvalue weighted by atomic mass is 9.99. The molecule has 1 N–H and O–H groups in total. The van der Waals surface area contributed by atoms with Crippen LogP contribution in [-0.2, 0) is 30.6 Å². The van der Waals surface area contributed by atoms with Crippen molar-refractivity contribution in [3.8, 4) is 11.1 Å². The molecule has 0 saturated carbocycles. The van der Waals surface area contributed by atoms with Crippen molar-refractivity contribution < 1.29 is 4.79 Å². The van der Waals surface area contributed by atoms with Gasteiger partial charge in [-0.15, -0.1) is 0 Å². The fourth-order valence-electron chi connectivity index (χ4n) is 4.39. The van der Waals surface area contributed by atoms with Crippen molar-refractivity contribution in [2.24, 2.45) is 0 Å². The fourth-order valence-corrected chi connectivity index (χ4v) is 4.63. The molecular formula is C26H27ClN2O2. The van der Waals surface area contributed by atoms with Crippen molar-refractivity contribution in [3.05, 3.63) is 92.9 Å². The van der Waals surface area contributed by atoms with Crippen LogP contribution < -0.4 is 10.9 Å². The molecule has 1 atom stereocenters. The van der Waals surface area contributed by atoms with Crippen LogP contribution >= 0.6 is 11.6 Å². The molecule has 0 unspecified atom stereocenters. The Morgan fingerprint density at radius 3 is 2.58 bits per heavy atom. The van der Waals surface area contributed by atoms with Gasteiger partial charge in [-0.3, -0.25) is 9.59 Å². The van der Waals surface area contributed by atoms with Gasteiger partial charge >= 0.3 is 0 Å². The Labute approximate surface area is 187 Å². The van der Waals surface area contributed by atoms with Gasteiger partial charge in [-0.1, -0.05) is 60.1 Å². The smallest absolute Gasteiger partial charge is 0.251 e. The van der Waals surface area contributed by atoms with Gasteiger partial charge in [0.1, 0.15) is 6.54 Å². The van der Waals surface area contributed by atoms with Gasteiger partial charge in [-0.2, -0.15) is 0 Å². The number of amides is 1. The number of aromatic nitrogens is 1. The average molecular weight is 435 g/mol. The van der Waals surface area contributed by atoms with Crippen LogP contribution in [0.4, 0.5) is 0 Å². The Kier molecular flexibility index (Phi) is 6.57. The first-order valence-corrected chi connectivity index (χ1v) is 11.2. The topological polar surface area (TPSA) is 51.1 Å². The van der Waals surface area contributed by atoms with E-state index >= 15 is 0 Å². The molecule has 1 aliphatic rings. The molecule has 0 bridgehead atoms. The molecule has 1 heterocycles. The molecule has 2 aromatic carbocycles. The molecule has 31 heavy (non-hydrogen) atoms. The number of carbonyl (C=O) groups is 1. The maximum atomic E-state index is 13.0. The van der Waals surface area contributed by atoms with Crippen molar-refractivity contribution in [1.82, 2.24) is 9.88 Å². The predicted molar refractivity (Wildman–Crippen MR) is 126 cm³/mol. The summed E-state index contributed by atoms with van der Waals surface area (Å²) in [5, 5.41) is 3.69. The molecule has 5 heteroatoms. The monoisotopic (exact) mass is 434 g/mol. The summed E-state index contributed by atoms with van der Waals surface area (Å²) in [6.45, 7) is 2.06. The fraction of sp³-hybridized carbons (Fsp3) is 0.308. The first-order chi connectivity index (χ1) is 15.0. The summed E-state index contributed by atoms with van der Waals surface area (Å²) in [5.74, 6) is -0.123. The number of nitrogens with one attached hydrogen (secondary N) is 1. The zero-order valence-corrected chi connectivity index (χ0v) is 18.5. The number of halogens is 1. The third kappa shape index (κ3) is 4.91. The highest BCUT2D eigenvalue weighted by Gasteiger charge is 2.23. The van der Waals surface area contributed by atoms with E-state index in [-0.39, 0.29) is 24.1 Å². The first kappa shape index (κ1) is 21.4. The summed E-state index contributed by atoms with van der Waals surface area (Å²) < 4.78 is 1.64. The third-order valence-corrected chi connectivity index (χ3v) is 6.29. The number of fused-ring (bicyclic) bond motifs is 1. The summed E-state index contributed by atoms with van der Waals surface area (Å²) in [7, 11) is 0. The highest BCUT2D eigenvalue weighted by Crippen LogP contribution is 2.34. The summed E-state index contributed by atoms with van der Waals surface area (Å²) in [6, 6.07) is 19.5. The van der Waals surface area contributed by atoms with Crippen LogP contribution in [0.2, 0.25) is 5.02 Å². The van der Waals surface area contributed by atoms with Crippen LogP contribution in [0.25, 0.3) is 11.1 Å². The number of benzene rings is 2. The summed E-state index contributed by atoms with van der Waals surface area (Å²) >= 11 is 6.40. The highest BCUT2D eigenvalue weighted by molar-refractivity contribution is 6.33.